The van der Waals surface area contributed by atoms with Crippen LogP contribution >= 0.6 is 0 Å². The van der Waals surface area contributed by atoms with Gasteiger partial charge in [-0.3, -0.25) is 14.5 Å². The Hall–Kier alpha value is -1.97. The molecule has 0 aliphatic carbocycles. The van der Waals surface area contributed by atoms with Crippen molar-refractivity contribution in [3.05, 3.63) is 23.8 Å². The number of nitrogens with one attached hydrogen (secondary N) is 1. The molecule has 8 nitrogen and oxygen atoms in total. The summed E-state index contributed by atoms with van der Waals surface area (Å²) in [5, 5.41) is 2.96. The van der Waals surface area contributed by atoms with Gasteiger partial charge in [-0.15, -0.1) is 0 Å². The molecule has 0 unspecified atom stereocenters. The first-order valence-electron chi connectivity index (χ1n) is 10.8. The van der Waals surface area contributed by atoms with E-state index < -0.39 is 16.1 Å². The summed E-state index contributed by atoms with van der Waals surface area (Å²) in [6, 6.07) is 4.21. The topological polar surface area (TPSA) is 90.0 Å². The van der Waals surface area contributed by atoms with Crippen LogP contribution < -0.4 is 10.2 Å². The number of hydrogen-bond acceptors (Lipinski definition) is 5. The molecule has 2 saturated heterocycles. The molecule has 4 rings (SSSR count). The number of carbonyl (C=O) groups excluding carboxylic acids is 2. The average molecular weight is 435 g/mol. The molecule has 1 atom stereocenters. The van der Waals surface area contributed by atoms with Crippen molar-refractivity contribution in [2.75, 3.05) is 44.2 Å². The maximum Gasteiger partial charge on any atom is 0.243 e. The summed E-state index contributed by atoms with van der Waals surface area (Å²) in [5.41, 5.74) is 1.35. The quantitative estimate of drug-likeness (QED) is 0.720. The van der Waals surface area contributed by atoms with E-state index in [4.69, 9.17) is 0 Å². The second-order valence-electron chi connectivity index (χ2n) is 8.35. The highest BCUT2D eigenvalue weighted by Gasteiger charge is 2.38. The van der Waals surface area contributed by atoms with Gasteiger partial charge in [0.1, 0.15) is 6.04 Å². The fourth-order valence-corrected chi connectivity index (χ4v) is 6.29. The number of amides is 2. The van der Waals surface area contributed by atoms with Crippen LogP contribution in [0.25, 0.3) is 0 Å². The third kappa shape index (κ3) is 4.10. The maximum absolute atomic E-state index is 12.9. The molecule has 1 aromatic carbocycles. The van der Waals surface area contributed by atoms with Crippen molar-refractivity contribution < 1.29 is 18.0 Å². The Balaban J connectivity index is 1.49. The number of likely N-dealkylation sites (tertiary alicyclic amines) is 1. The van der Waals surface area contributed by atoms with E-state index >= 15 is 0 Å². The summed E-state index contributed by atoms with van der Waals surface area (Å²) >= 11 is 0. The normalized spacial score (nSPS) is 22.4. The van der Waals surface area contributed by atoms with Gasteiger partial charge in [0.2, 0.25) is 21.8 Å². The molecule has 0 radical (unpaired) electrons. The molecule has 3 aliphatic rings. The van der Waals surface area contributed by atoms with Crippen LogP contribution in [-0.2, 0) is 26.0 Å². The Morgan fingerprint density at radius 1 is 1.07 bits per heavy atom. The second kappa shape index (κ2) is 8.64. The van der Waals surface area contributed by atoms with E-state index in [1.165, 1.54) is 29.0 Å². The van der Waals surface area contributed by atoms with E-state index in [1.807, 2.05) is 0 Å². The summed E-state index contributed by atoms with van der Waals surface area (Å²) in [6.07, 6.45) is 4.48. The number of rotatable bonds is 6. The number of hydrogen-bond donors (Lipinski definition) is 1. The lowest BCUT2D eigenvalue weighted by molar-refractivity contribution is -0.125. The minimum atomic E-state index is -3.54. The van der Waals surface area contributed by atoms with Gasteiger partial charge in [0, 0.05) is 45.2 Å². The molecule has 3 heterocycles. The first kappa shape index (κ1) is 21.3. The summed E-state index contributed by atoms with van der Waals surface area (Å²) < 4.78 is 27.3. The van der Waals surface area contributed by atoms with Gasteiger partial charge >= 0.3 is 0 Å². The SMILES string of the molecule is CC(=O)N1c2ccc(S(=O)(=O)N3CCCC3)cc2C[C@@H]1C(=O)NCCN1CCCC1. The molecular weight excluding hydrogens is 404 g/mol. The smallest absolute Gasteiger partial charge is 0.243 e. The van der Waals surface area contributed by atoms with Crippen molar-refractivity contribution in [2.45, 2.75) is 50.0 Å². The predicted octanol–water partition coefficient (Wildman–Crippen LogP) is 0.961. The van der Waals surface area contributed by atoms with Gasteiger partial charge in [-0.05, 0) is 62.5 Å². The van der Waals surface area contributed by atoms with Gasteiger partial charge in [0.25, 0.3) is 0 Å². The van der Waals surface area contributed by atoms with Crippen LogP contribution in [0.15, 0.2) is 23.1 Å². The lowest BCUT2D eigenvalue weighted by Gasteiger charge is -2.24. The van der Waals surface area contributed by atoms with Crippen molar-refractivity contribution in [2.24, 2.45) is 0 Å². The summed E-state index contributed by atoms with van der Waals surface area (Å²) in [6.45, 7) is 6.02. The first-order chi connectivity index (χ1) is 14.4. The highest BCUT2D eigenvalue weighted by molar-refractivity contribution is 7.89. The fraction of sp³-hybridized carbons (Fsp3) is 0.619. The zero-order valence-electron chi connectivity index (χ0n) is 17.5. The number of carbonyl (C=O) groups is 2. The Morgan fingerprint density at radius 2 is 1.73 bits per heavy atom. The molecule has 164 valence electrons. The van der Waals surface area contributed by atoms with Crippen LogP contribution in [-0.4, -0.2) is 74.7 Å². The Kier molecular flexibility index (Phi) is 6.13. The van der Waals surface area contributed by atoms with Crippen LogP contribution in [0.3, 0.4) is 0 Å². The van der Waals surface area contributed by atoms with E-state index in [2.05, 4.69) is 10.2 Å². The van der Waals surface area contributed by atoms with Crippen LogP contribution in [0.1, 0.15) is 38.2 Å². The van der Waals surface area contributed by atoms with Gasteiger partial charge in [-0.1, -0.05) is 0 Å². The van der Waals surface area contributed by atoms with E-state index in [9.17, 15) is 18.0 Å². The minimum Gasteiger partial charge on any atom is -0.353 e. The standard InChI is InChI=1S/C21H30N4O4S/c1-16(26)25-19-7-6-18(30(28,29)24-11-4-5-12-24)14-17(19)15-20(25)21(27)22-8-13-23-9-2-3-10-23/h6-7,14,20H,2-5,8-13,15H2,1H3,(H,22,27)/t20-/m1/s1. The lowest BCUT2D eigenvalue weighted by atomic mass is 10.1. The van der Waals surface area contributed by atoms with E-state index in [0.29, 0.717) is 31.7 Å². The minimum absolute atomic E-state index is 0.190. The molecule has 0 bridgehead atoms. The van der Waals surface area contributed by atoms with Crippen molar-refractivity contribution in [3.8, 4) is 0 Å². The zero-order chi connectivity index (χ0) is 21.3. The number of benzene rings is 1. The number of fused-ring (bicyclic) bond motifs is 1. The van der Waals surface area contributed by atoms with Crippen molar-refractivity contribution in [3.63, 3.8) is 0 Å². The van der Waals surface area contributed by atoms with Crippen molar-refractivity contribution in [1.29, 1.82) is 0 Å². The molecule has 1 N–H and O–H groups in total. The zero-order valence-corrected chi connectivity index (χ0v) is 18.3. The van der Waals surface area contributed by atoms with E-state index in [0.717, 1.165) is 38.0 Å². The molecule has 0 spiro atoms. The molecule has 2 amide bonds. The van der Waals surface area contributed by atoms with Crippen LogP contribution in [0.4, 0.5) is 5.69 Å². The van der Waals surface area contributed by atoms with Gasteiger partial charge in [-0.2, -0.15) is 4.31 Å². The average Bonchev–Trinajstić information content (AvgIpc) is 3.46. The van der Waals surface area contributed by atoms with Gasteiger partial charge in [0.15, 0.2) is 0 Å². The molecule has 9 heteroatoms. The van der Waals surface area contributed by atoms with E-state index in [1.54, 1.807) is 18.2 Å². The predicted molar refractivity (Wildman–Crippen MR) is 114 cm³/mol. The highest BCUT2D eigenvalue weighted by Crippen LogP contribution is 2.35. The van der Waals surface area contributed by atoms with Crippen LogP contribution in [0.2, 0.25) is 0 Å². The first-order valence-corrected chi connectivity index (χ1v) is 12.2. The van der Waals surface area contributed by atoms with E-state index in [-0.39, 0.29) is 16.7 Å². The summed E-state index contributed by atoms with van der Waals surface area (Å²) in [5.74, 6) is -0.409. The van der Waals surface area contributed by atoms with Crippen LogP contribution in [0, 0.1) is 0 Å². The lowest BCUT2D eigenvalue weighted by Crippen LogP contribution is -2.48. The summed E-state index contributed by atoms with van der Waals surface area (Å²) in [7, 11) is -3.54. The fourth-order valence-electron chi connectivity index (χ4n) is 4.73. The largest absolute Gasteiger partial charge is 0.353 e. The number of sulfonamides is 1. The van der Waals surface area contributed by atoms with Gasteiger partial charge < -0.3 is 10.2 Å². The Labute approximate surface area is 178 Å². The molecular formula is C21H30N4O4S. The van der Waals surface area contributed by atoms with Gasteiger partial charge in [0.05, 0.1) is 4.90 Å². The molecule has 1 aromatic rings. The second-order valence-corrected chi connectivity index (χ2v) is 10.3. The molecule has 3 aliphatic heterocycles. The number of anilines is 1. The third-order valence-corrected chi connectivity index (χ3v) is 8.20. The third-order valence-electron chi connectivity index (χ3n) is 6.31. The molecule has 0 saturated carbocycles. The highest BCUT2D eigenvalue weighted by atomic mass is 32.2. The Morgan fingerprint density at radius 3 is 2.40 bits per heavy atom. The monoisotopic (exact) mass is 434 g/mol. The van der Waals surface area contributed by atoms with Gasteiger partial charge in [-0.25, -0.2) is 8.42 Å². The Bertz CT molecular complexity index is 921. The maximum atomic E-state index is 12.9. The van der Waals surface area contributed by atoms with Crippen molar-refractivity contribution in [1.82, 2.24) is 14.5 Å². The molecule has 0 aromatic heterocycles. The molecule has 2 fully saturated rings. The summed E-state index contributed by atoms with van der Waals surface area (Å²) in [4.78, 5) is 29.2. The van der Waals surface area contributed by atoms with Crippen molar-refractivity contribution >= 4 is 27.5 Å². The van der Waals surface area contributed by atoms with Crippen LogP contribution in [0.5, 0.6) is 0 Å². The molecule has 30 heavy (non-hydrogen) atoms. The number of nitrogens with zero attached hydrogens (tertiary/aromatic N) is 3.